The SMILES string of the molecule is CCC(CC)(CN)NC(=O)C1CC(=O)N(c2ccc(OC)cc2)C1.Cl. The van der Waals surface area contributed by atoms with Crippen LogP contribution in [0.3, 0.4) is 0 Å². The molecule has 1 saturated heterocycles. The zero-order valence-corrected chi connectivity index (χ0v) is 15.9. The summed E-state index contributed by atoms with van der Waals surface area (Å²) in [6.45, 7) is 4.82. The number of amides is 2. The predicted molar refractivity (Wildman–Crippen MR) is 101 cm³/mol. The Morgan fingerprint density at radius 1 is 1.32 bits per heavy atom. The molecule has 6 nitrogen and oxygen atoms in total. The molecule has 0 aromatic heterocycles. The van der Waals surface area contributed by atoms with Crippen LogP contribution in [0.2, 0.25) is 0 Å². The maximum absolute atomic E-state index is 12.6. The smallest absolute Gasteiger partial charge is 0.227 e. The summed E-state index contributed by atoms with van der Waals surface area (Å²) in [6, 6.07) is 7.28. The maximum atomic E-state index is 12.6. The summed E-state index contributed by atoms with van der Waals surface area (Å²) in [6.07, 6.45) is 1.77. The molecule has 2 rings (SSSR count). The van der Waals surface area contributed by atoms with Crippen molar-refractivity contribution >= 4 is 29.9 Å². The van der Waals surface area contributed by atoms with Crippen molar-refractivity contribution in [3.63, 3.8) is 0 Å². The highest BCUT2D eigenvalue weighted by Crippen LogP contribution is 2.27. The van der Waals surface area contributed by atoms with Crippen molar-refractivity contribution in [2.45, 2.75) is 38.6 Å². The summed E-state index contributed by atoms with van der Waals surface area (Å²) >= 11 is 0. The van der Waals surface area contributed by atoms with Gasteiger partial charge in [0.1, 0.15) is 5.75 Å². The second-order valence-corrected chi connectivity index (χ2v) is 6.28. The lowest BCUT2D eigenvalue weighted by Gasteiger charge is -2.32. The Morgan fingerprint density at radius 3 is 2.40 bits per heavy atom. The summed E-state index contributed by atoms with van der Waals surface area (Å²) in [5, 5.41) is 3.07. The first-order valence-electron chi connectivity index (χ1n) is 8.45. The molecule has 2 amide bonds. The highest BCUT2D eigenvalue weighted by atomic mass is 35.5. The van der Waals surface area contributed by atoms with E-state index in [0.717, 1.165) is 24.3 Å². The number of rotatable bonds is 7. The van der Waals surface area contributed by atoms with Gasteiger partial charge in [0.05, 0.1) is 18.6 Å². The van der Waals surface area contributed by atoms with Gasteiger partial charge in [0.25, 0.3) is 0 Å². The number of carbonyl (C=O) groups is 2. The standard InChI is InChI=1S/C18H27N3O3.ClH/c1-4-18(5-2,12-19)20-17(23)13-10-16(22)21(11-13)14-6-8-15(24-3)9-7-14;/h6-9,13H,4-5,10-12,19H2,1-3H3,(H,20,23);1H. The number of hydrogen-bond donors (Lipinski definition) is 2. The molecule has 0 bridgehead atoms. The molecule has 0 spiro atoms. The first kappa shape index (κ1) is 21.3. The van der Waals surface area contributed by atoms with E-state index in [1.807, 2.05) is 38.1 Å². The Bertz CT molecular complexity index is 579. The van der Waals surface area contributed by atoms with Crippen molar-refractivity contribution in [3.05, 3.63) is 24.3 Å². The number of methoxy groups -OCH3 is 1. The number of nitrogens with one attached hydrogen (secondary N) is 1. The molecule has 1 aliphatic rings. The van der Waals surface area contributed by atoms with Crippen LogP contribution < -0.4 is 20.7 Å². The van der Waals surface area contributed by atoms with E-state index in [1.54, 1.807) is 12.0 Å². The van der Waals surface area contributed by atoms with E-state index in [4.69, 9.17) is 10.5 Å². The number of halogens is 1. The third-order valence-electron chi connectivity index (χ3n) is 5.01. The van der Waals surface area contributed by atoms with Crippen molar-refractivity contribution in [3.8, 4) is 5.75 Å². The van der Waals surface area contributed by atoms with Gasteiger partial charge in [-0.05, 0) is 37.1 Å². The predicted octanol–water partition coefficient (Wildman–Crippen LogP) is 2.10. The molecule has 7 heteroatoms. The number of anilines is 1. The summed E-state index contributed by atoms with van der Waals surface area (Å²) in [7, 11) is 1.60. The topological polar surface area (TPSA) is 84.7 Å². The molecular formula is C18H28ClN3O3. The summed E-state index contributed by atoms with van der Waals surface area (Å²) in [5.74, 6) is 0.266. The molecule has 1 fully saturated rings. The lowest BCUT2D eigenvalue weighted by Crippen LogP contribution is -2.54. The van der Waals surface area contributed by atoms with Crippen LogP contribution in [-0.4, -0.2) is 37.6 Å². The molecule has 140 valence electrons. The van der Waals surface area contributed by atoms with Crippen LogP contribution in [0.15, 0.2) is 24.3 Å². The molecule has 1 aromatic carbocycles. The average molecular weight is 370 g/mol. The molecule has 0 radical (unpaired) electrons. The van der Waals surface area contributed by atoms with E-state index >= 15 is 0 Å². The maximum Gasteiger partial charge on any atom is 0.227 e. The molecule has 1 aliphatic heterocycles. The van der Waals surface area contributed by atoms with Crippen molar-refractivity contribution in [1.82, 2.24) is 5.32 Å². The minimum Gasteiger partial charge on any atom is -0.497 e. The molecule has 25 heavy (non-hydrogen) atoms. The Hall–Kier alpha value is -1.79. The molecule has 1 aromatic rings. The third-order valence-corrected chi connectivity index (χ3v) is 5.01. The Balaban J connectivity index is 0.00000312. The van der Waals surface area contributed by atoms with Crippen LogP contribution in [-0.2, 0) is 9.59 Å². The lowest BCUT2D eigenvalue weighted by molar-refractivity contribution is -0.128. The number of nitrogens with zero attached hydrogens (tertiary/aromatic N) is 1. The lowest BCUT2D eigenvalue weighted by atomic mass is 9.91. The quantitative estimate of drug-likeness (QED) is 0.770. The fraction of sp³-hybridized carbons (Fsp3) is 0.556. The van der Waals surface area contributed by atoms with Gasteiger partial charge in [0, 0.05) is 25.2 Å². The molecule has 1 atom stereocenters. The van der Waals surface area contributed by atoms with Crippen LogP contribution in [0.4, 0.5) is 5.69 Å². The van der Waals surface area contributed by atoms with Crippen molar-refractivity contribution in [2.24, 2.45) is 11.7 Å². The number of benzene rings is 1. The second-order valence-electron chi connectivity index (χ2n) is 6.28. The van der Waals surface area contributed by atoms with Gasteiger partial charge in [-0.25, -0.2) is 0 Å². The summed E-state index contributed by atoms with van der Waals surface area (Å²) in [4.78, 5) is 26.6. The fourth-order valence-electron chi connectivity index (χ4n) is 3.02. The van der Waals surface area contributed by atoms with Gasteiger partial charge in [-0.15, -0.1) is 12.4 Å². The number of carbonyl (C=O) groups excluding carboxylic acids is 2. The minimum atomic E-state index is -0.381. The van der Waals surface area contributed by atoms with Crippen LogP contribution >= 0.6 is 12.4 Å². The number of hydrogen-bond acceptors (Lipinski definition) is 4. The van der Waals surface area contributed by atoms with Gasteiger partial charge >= 0.3 is 0 Å². The molecule has 1 unspecified atom stereocenters. The van der Waals surface area contributed by atoms with Gasteiger partial charge in [-0.1, -0.05) is 13.8 Å². The van der Waals surface area contributed by atoms with Crippen LogP contribution in [0, 0.1) is 5.92 Å². The van der Waals surface area contributed by atoms with Crippen molar-refractivity contribution < 1.29 is 14.3 Å². The van der Waals surface area contributed by atoms with Gasteiger partial charge in [-0.3, -0.25) is 9.59 Å². The van der Waals surface area contributed by atoms with E-state index in [1.165, 1.54) is 0 Å². The van der Waals surface area contributed by atoms with Gasteiger partial charge in [-0.2, -0.15) is 0 Å². The molecule has 0 aliphatic carbocycles. The van der Waals surface area contributed by atoms with Crippen LogP contribution in [0.5, 0.6) is 5.75 Å². The average Bonchev–Trinajstić information content (AvgIpc) is 3.01. The second kappa shape index (κ2) is 9.06. The molecule has 1 heterocycles. The first-order valence-corrected chi connectivity index (χ1v) is 8.45. The van der Waals surface area contributed by atoms with E-state index in [0.29, 0.717) is 13.1 Å². The molecule has 3 N–H and O–H groups in total. The van der Waals surface area contributed by atoms with Crippen molar-refractivity contribution in [2.75, 3.05) is 25.1 Å². The normalized spacial score (nSPS) is 17.2. The summed E-state index contributed by atoms with van der Waals surface area (Å²) in [5.41, 5.74) is 6.25. The minimum absolute atomic E-state index is 0. The van der Waals surface area contributed by atoms with Crippen LogP contribution in [0.1, 0.15) is 33.1 Å². The number of nitrogens with two attached hydrogens (primary N) is 1. The summed E-state index contributed by atoms with van der Waals surface area (Å²) < 4.78 is 5.13. The Labute approximate surface area is 155 Å². The Kier molecular flexibility index (Phi) is 7.70. The zero-order chi connectivity index (χ0) is 17.7. The molecule has 0 saturated carbocycles. The van der Waals surface area contributed by atoms with Crippen LogP contribution in [0.25, 0.3) is 0 Å². The van der Waals surface area contributed by atoms with Crippen molar-refractivity contribution in [1.29, 1.82) is 0 Å². The highest BCUT2D eigenvalue weighted by Gasteiger charge is 2.37. The first-order chi connectivity index (χ1) is 11.5. The van der Waals surface area contributed by atoms with Gasteiger partial charge in [0.15, 0.2) is 0 Å². The van der Waals surface area contributed by atoms with Gasteiger partial charge < -0.3 is 20.7 Å². The van der Waals surface area contributed by atoms with E-state index in [9.17, 15) is 9.59 Å². The number of ether oxygens (including phenoxy) is 1. The third kappa shape index (κ3) is 4.64. The van der Waals surface area contributed by atoms with E-state index < -0.39 is 0 Å². The molecular weight excluding hydrogens is 342 g/mol. The van der Waals surface area contributed by atoms with E-state index in [-0.39, 0.29) is 42.1 Å². The zero-order valence-electron chi connectivity index (χ0n) is 15.1. The largest absolute Gasteiger partial charge is 0.497 e. The highest BCUT2D eigenvalue weighted by molar-refractivity contribution is 6.00. The van der Waals surface area contributed by atoms with E-state index in [2.05, 4.69) is 5.32 Å². The Morgan fingerprint density at radius 2 is 1.92 bits per heavy atom. The monoisotopic (exact) mass is 369 g/mol. The fourth-order valence-corrected chi connectivity index (χ4v) is 3.02. The van der Waals surface area contributed by atoms with Gasteiger partial charge in [0.2, 0.25) is 11.8 Å².